The van der Waals surface area contributed by atoms with E-state index >= 15 is 0 Å². The van der Waals surface area contributed by atoms with E-state index in [1.165, 1.54) is 0 Å². The van der Waals surface area contributed by atoms with Gasteiger partial charge in [0.05, 0.1) is 5.92 Å². The van der Waals surface area contributed by atoms with E-state index in [4.69, 9.17) is 0 Å². The molecule has 5 heteroatoms. The van der Waals surface area contributed by atoms with Gasteiger partial charge in [0, 0.05) is 35.0 Å². The lowest BCUT2D eigenvalue weighted by atomic mass is 9.90. The Morgan fingerprint density at radius 2 is 2.16 bits per heavy atom. The smallest absolute Gasteiger partial charge is 0.234 e. The van der Waals surface area contributed by atoms with Crippen LogP contribution in [0.15, 0.2) is 28.9 Å². The lowest BCUT2D eigenvalue weighted by Crippen LogP contribution is -2.39. The van der Waals surface area contributed by atoms with Crippen molar-refractivity contribution in [3.8, 4) is 0 Å². The molecule has 1 aromatic heterocycles. The van der Waals surface area contributed by atoms with Crippen molar-refractivity contribution in [2.45, 2.75) is 18.8 Å². The Morgan fingerprint density at radius 1 is 1.37 bits per heavy atom. The summed E-state index contributed by atoms with van der Waals surface area (Å²) in [5.74, 6) is -0.599. The number of nitrogens with one attached hydrogen (secondary N) is 1. The van der Waals surface area contributed by atoms with Crippen molar-refractivity contribution in [2.75, 3.05) is 0 Å². The van der Waals surface area contributed by atoms with E-state index in [1.807, 2.05) is 36.0 Å². The van der Waals surface area contributed by atoms with Crippen LogP contribution < -0.4 is 5.32 Å². The van der Waals surface area contributed by atoms with Crippen LogP contribution in [0.5, 0.6) is 0 Å². The number of rotatable bonds is 1. The first-order chi connectivity index (χ1) is 9.06. The number of hydrogen-bond acceptors (Lipinski definition) is 2. The molecule has 0 radical (unpaired) electrons. The molecule has 19 heavy (non-hydrogen) atoms. The number of piperidine rings is 1. The molecule has 1 saturated heterocycles. The Labute approximate surface area is 118 Å². The topological polar surface area (TPSA) is 51.1 Å². The Bertz CT molecular complexity index is 690. The molecule has 1 N–H and O–H groups in total. The second-order valence-electron chi connectivity index (χ2n) is 4.86. The van der Waals surface area contributed by atoms with Crippen LogP contribution in [-0.2, 0) is 16.6 Å². The van der Waals surface area contributed by atoms with E-state index in [1.54, 1.807) is 0 Å². The molecule has 0 spiro atoms. The van der Waals surface area contributed by atoms with Crippen LogP contribution in [0, 0.1) is 0 Å². The minimum atomic E-state index is -0.234. The zero-order valence-corrected chi connectivity index (χ0v) is 12.0. The van der Waals surface area contributed by atoms with Gasteiger partial charge >= 0.3 is 0 Å². The number of hydrogen-bond donors (Lipinski definition) is 1. The van der Waals surface area contributed by atoms with Crippen LogP contribution in [-0.4, -0.2) is 16.4 Å². The Hall–Kier alpha value is -1.62. The highest BCUT2D eigenvalue weighted by atomic mass is 79.9. The molecule has 1 fully saturated rings. The fraction of sp³-hybridized carbons (Fsp3) is 0.286. The van der Waals surface area contributed by atoms with Gasteiger partial charge in [-0.05, 0) is 24.1 Å². The number of carbonyl (C=O) groups is 2. The van der Waals surface area contributed by atoms with Crippen LogP contribution in [0.25, 0.3) is 10.9 Å². The second kappa shape index (κ2) is 4.49. The Kier molecular flexibility index (Phi) is 2.93. The van der Waals surface area contributed by atoms with Crippen molar-refractivity contribution in [3.05, 3.63) is 34.4 Å². The summed E-state index contributed by atoms with van der Waals surface area (Å²) in [6.45, 7) is 0. The molecule has 1 aliphatic heterocycles. The van der Waals surface area contributed by atoms with Crippen LogP contribution in [0.1, 0.15) is 24.3 Å². The maximum Gasteiger partial charge on any atom is 0.234 e. The van der Waals surface area contributed by atoms with Crippen LogP contribution in [0.4, 0.5) is 0 Å². The SMILES string of the molecule is Cn1cc(C2CCC(=O)NC2=O)c2ccc(Br)cc21. The standard InChI is InChI=1S/C14H13BrN2O2/c1-17-7-11(9-3-2-8(15)6-12(9)17)10-4-5-13(18)16-14(10)19/h2-3,6-7,10H,4-5H2,1H3,(H,16,18,19). The summed E-state index contributed by atoms with van der Waals surface area (Å²) in [6, 6.07) is 6.01. The van der Waals surface area contributed by atoms with Crippen LogP contribution in [0.3, 0.4) is 0 Å². The lowest BCUT2D eigenvalue weighted by molar-refractivity contribution is -0.134. The van der Waals surface area contributed by atoms with Gasteiger partial charge in [-0.25, -0.2) is 0 Å². The number of aromatic nitrogens is 1. The third-order valence-corrected chi connectivity index (χ3v) is 4.09. The van der Waals surface area contributed by atoms with Gasteiger partial charge in [0.25, 0.3) is 0 Å². The number of carbonyl (C=O) groups excluding carboxylic acids is 2. The number of halogens is 1. The summed E-state index contributed by atoms with van der Waals surface area (Å²) in [6.07, 6.45) is 2.97. The van der Waals surface area contributed by atoms with Gasteiger partial charge < -0.3 is 4.57 Å². The van der Waals surface area contributed by atoms with Crippen molar-refractivity contribution in [1.29, 1.82) is 0 Å². The molecule has 1 aromatic carbocycles. The predicted octanol–water partition coefficient (Wildman–Crippen LogP) is 2.46. The lowest BCUT2D eigenvalue weighted by Gasteiger charge is -2.20. The largest absolute Gasteiger partial charge is 0.350 e. The summed E-state index contributed by atoms with van der Waals surface area (Å²) in [5, 5.41) is 3.49. The van der Waals surface area contributed by atoms with Crippen molar-refractivity contribution < 1.29 is 9.59 Å². The molecule has 0 saturated carbocycles. The molecule has 4 nitrogen and oxygen atoms in total. The van der Waals surface area contributed by atoms with Crippen molar-refractivity contribution in [1.82, 2.24) is 9.88 Å². The van der Waals surface area contributed by atoms with Gasteiger partial charge in [0.2, 0.25) is 11.8 Å². The summed E-state index contributed by atoms with van der Waals surface area (Å²) >= 11 is 3.45. The molecular weight excluding hydrogens is 308 g/mol. The van der Waals surface area contributed by atoms with Crippen LogP contribution >= 0.6 is 15.9 Å². The van der Waals surface area contributed by atoms with Gasteiger partial charge in [-0.2, -0.15) is 0 Å². The first-order valence-corrected chi connectivity index (χ1v) is 6.94. The highest BCUT2D eigenvalue weighted by Crippen LogP contribution is 2.33. The van der Waals surface area contributed by atoms with Crippen LogP contribution in [0.2, 0.25) is 0 Å². The van der Waals surface area contributed by atoms with Crippen molar-refractivity contribution in [2.24, 2.45) is 7.05 Å². The third-order valence-electron chi connectivity index (χ3n) is 3.60. The van der Waals surface area contributed by atoms with Gasteiger partial charge in [0.1, 0.15) is 0 Å². The van der Waals surface area contributed by atoms with Gasteiger partial charge in [-0.1, -0.05) is 22.0 Å². The minimum Gasteiger partial charge on any atom is -0.350 e. The van der Waals surface area contributed by atoms with E-state index in [9.17, 15) is 9.59 Å². The number of amides is 2. The first kappa shape index (κ1) is 12.4. The van der Waals surface area contributed by atoms with Gasteiger partial charge in [-0.15, -0.1) is 0 Å². The maximum absolute atomic E-state index is 12.0. The molecule has 3 rings (SSSR count). The zero-order valence-electron chi connectivity index (χ0n) is 10.4. The molecule has 1 atom stereocenters. The fourth-order valence-electron chi connectivity index (χ4n) is 2.66. The van der Waals surface area contributed by atoms with E-state index in [0.29, 0.717) is 12.8 Å². The number of fused-ring (bicyclic) bond motifs is 1. The number of nitrogens with zero attached hydrogens (tertiary/aromatic N) is 1. The Balaban J connectivity index is 2.10. The minimum absolute atomic E-state index is 0.177. The maximum atomic E-state index is 12.0. The molecule has 0 aliphatic carbocycles. The monoisotopic (exact) mass is 320 g/mol. The van der Waals surface area contributed by atoms with E-state index in [-0.39, 0.29) is 17.7 Å². The first-order valence-electron chi connectivity index (χ1n) is 6.14. The molecule has 1 aliphatic rings. The molecule has 2 aromatic rings. The summed E-state index contributed by atoms with van der Waals surface area (Å²) < 4.78 is 3.02. The summed E-state index contributed by atoms with van der Waals surface area (Å²) in [5.41, 5.74) is 2.07. The average molecular weight is 321 g/mol. The second-order valence-corrected chi connectivity index (χ2v) is 5.78. The molecule has 2 heterocycles. The quantitative estimate of drug-likeness (QED) is 0.821. The highest BCUT2D eigenvalue weighted by Gasteiger charge is 2.30. The fourth-order valence-corrected chi connectivity index (χ4v) is 3.01. The molecular formula is C14H13BrN2O2. The summed E-state index contributed by atoms with van der Waals surface area (Å²) in [7, 11) is 1.96. The number of imide groups is 1. The van der Waals surface area contributed by atoms with Crippen molar-refractivity contribution >= 4 is 38.6 Å². The average Bonchev–Trinajstić information content (AvgIpc) is 2.66. The molecule has 0 bridgehead atoms. The number of benzene rings is 1. The zero-order chi connectivity index (χ0) is 13.6. The summed E-state index contributed by atoms with van der Waals surface area (Å²) in [4.78, 5) is 23.2. The third kappa shape index (κ3) is 2.08. The van der Waals surface area contributed by atoms with E-state index < -0.39 is 0 Å². The molecule has 2 amide bonds. The van der Waals surface area contributed by atoms with E-state index in [0.717, 1.165) is 20.9 Å². The molecule has 1 unspecified atom stereocenters. The van der Waals surface area contributed by atoms with Gasteiger partial charge in [-0.3, -0.25) is 14.9 Å². The van der Waals surface area contributed by atoms with Crippen molar-refractivity contribution in [3.63, 3.8) is 0 Å². The Morgan fingerprint density at radius 3 is 2.89 bits per heavy atom. The molecule has 98 valence electrons. The highest BCUT2D eigenvalue weighted by molar-refractivity contribution is 9.10. The number of aryl methyl sites for hydroxylation is 1. The normalized spacial score (nSPS) is 19.8. The predicted molar refractivity (Wildman–Crippen MR) is 75.7 cm³/mol. The van der Waals surface area contributed by atoms with Gasteiger partial charge in [0.15, 0.2) is 0 Å². The van der Waals surface area contributed by atoms with E-state index in [2.05, 4.69) is 21.2 Å².